The molecule has 1 unspecified atom stereocenters. The highest BCUT2D eigenvalue weighted by molar-refractivity contribution is 5.76. The zero-order chi connectivity index (χ0) is 13.4. The van der Waals surface area contributed by atoms with E-state index in [1.165, 1.54) is 7.11 Å². The predicted molar refractivity (Wildman–Crippen MR) is 63.1 cm³/mol. The molecule has 6 heteroatoms. The van der Waals surface area contributed by atoms with E-state index in [2.05, 4.69) is 5.32 Å². The minimum absolute atomic E-state index is 0.130. The average Bonchev–Trinajstić information content (AvgIpc) is 2.84. The number of ether oxygens (including phenoxy) is 1. The number of carboxylic acid groups (broad SMARTS) is 1. The normalized spacial score (nSPS) is 12.1. The molecule has 0 aromatic carbocycles. The number of hydrogen-bond acceptors (Lipinski definition) is 4. The molecule has 0 aliphatic rings. The summed E-state index contributed by atoms with van der Waals surface area (Å²) in [5.41, 5.74) is 0. The van der Waals surface area contributed by atoms with Crippen LogP contribution in [-0.2, 0) is 20.7 Å². The maximum absolute atomic E-state index is 11.5. The minimum atomic E-state index is -0.952. The van der Waals surface area contributed by atoms with Gasteiger partial charge in [0.05, 0.1) is 18.8 Å². The second-order valence-electron chi connectivity index (χ2n) is 3.84. The van der Waals surface area contributed by atoms with Crippen LogP contribution in [0.2, 0.25) is 0 Å². The molecule has 6 nitrogen and oxygen atoms in total. The van der Waals surface area contributed by atoms with E-state index in [4.69, 9.17) is 14.3 Å². The summed E-state index contributed by atoms with van der Waals surface area (Å²) in [6.45, 7) is 0.194. The lowest BCUT2D eigenvalue weighted by atomic mass is 10.2. The quantitative estimate of drug-likeness (QED) is 0.717. The maximum atomic E-state index is 11.5. The number of furan rings is 1. The van der Waals surface area contributed by atoms with E-state index in [9.17, 15) is 9.59 Å². The molecular formula is C12H17NO5. The summed E-state index contributed by atoms with van der Waals surface area (Å²) < 4.78 is 10.0. The standard InChI is InChI=1S/C12H17NO5/c1-17-10(7-12(15)16)8-13-11(14)5-4-9-3-2-6-18-9/h2-3,6,10H,4-5,7-8H2,1H3,(H,13,14)(H,15,16). The summed E-state index contributed by atoms with van der Waals surface area (Å²) in [5, 5.41) is 11.2. The van der Waals surface area contributed by atoms with E-state index in [0.29, 0.717) is 12.8 Å². The highest BCUT2D eigenvalue weighted by Crippen LogP contribution is 2.03. The molecule has 1 heterocycles. The first-order chi connectivity index (χ1) is 8.61. The number of hydrogen-bond donors (Lipinski definition) is 2. The molecule has 0 fully saturated rings. The largest absolute Gasteiger partial charge is 0.481 e. The number of nitrogens with one attached hydrogen (secondary N) is 1. The Morgan fingerprint density at radius 1 is 1.56 bits per heavy atom. The van der Waals surface area contributed by atoms with Crippen molar-refractivity contribution < 1.29 is 23.8 Å². The second-order valence-corrected chi connectivity index (χ2v) is 3.84. The van der Waals surface area contributed by atoms with E-state index in [-0.39, 0.29) is 18.9 Å². The summed E-state index contributed by atoms with van der Waals surface area (Å²) in [6, 6.07) is 3.57. The molecule has 0 aliphatic carbocycles. The van der Waals surface area contributed by atoms with Crippen LogP contribution in [0.25, 0.3) is 0 Å². The van der Waals surface area contributed by atoms with Crippen LogP contribution in [0.15, 0.2) is 22.8 Å². The Labute approximate surface area is 105 Å². The third kappa shape index (κ3) is 5.49. The van der Waals surface area contributed by atoms with Gasteiger partial charge in [-0.15, -0.1) is 0 Å². The van der Waals surface area contributed by atoms with Crippen LogP contribution >= 0.6 is 0 Å². The average molecular weight is 255 g/mol. The zero-order valence-corrected chi connectivity index (χ0v) is 10.2. The second kappa shape index (κ2) is 7.50. The van der Waals surface area contributed by atoms with E-state index in [1.807, 2.05) is 0 Å². The number of carbonyl (C=O) groups excluding carboxylic acids is 1. The fourth-order valence-corrected chi connectivity index (χ4v) is 1.44. The van der Waals surface area contributed by atoms with Gasteiger partial charge in [0.15, 0.2) is 0 Å². The minimum Gasteiger partial charge on any atom is -0.481 e. The number of aryl methyl sites for hydroxylation is 1. The Kier molecular flexibility index (Phi) is 5.93. The number of amides is 1. The lowest BCUT2D eigenvalue weighted by molar-refractivity contribution is -0.140. The fraction of sp³-hybridized carbons (Fsp3) is 0.500. The van der Waals surface area contributed by atoms with Crippen LogP contribution in [0.5, 0.6) is 0 Å². The Balaban J connectivity index is 2.21. The number of carboxylic acids is 1. The summed E-state index contributed by atoms with van der Waals surface area (Å²) >= 11 is 0. The summed E-state index contributed by atoms with van der Waals surface area (Å²) in [6.07, 6.45) is 1.75. The highest BCUT2D eigenvalue weighted by Gasteiger charge is 2.13. The van der Waals surface area contributed by atoms with Gasteiger partial charge >= 0.3 is 5.97 Å². The van der Waals surface area contributed by atoms with Crippen molar-refractivity contribution in [3.63, 3.8) is 0 Å². The van der Waals surface area contributed by atoms with Crippen molar-refractivity contribution in [3.05, 3.63) is 24.2 Å². The smallest absolute Gasteiger partial charge is 0.306 e. The first-order valence-corrected chi connectivity index (χ1v) is 5.65. The molecule has 0 saturated heterocycles. The third-order valence-corrected chi connectivity index (χ3v) is 2.44. The Bertz CT molecular complexity index is 374. The van der Waals surface area contributed by atoms with Crippen molar-refractivity contribution >= 4 is 11.9 Å². The monoisotopic (exact) mass is 255 g/mol. The van der Waals surface area contributed by atoms with Gasteiger partial charge in [-0.3, -0.25) is 9.59 Å². The molecule has 100 valence electrons. The van der Waals surface area contributed by atoms with Crippen molar-refractivity contribution in [2.75, 3.05) is 13.7 Å². The zero-order valence-electron chi connectivity index (χ0n) is 10.2. The molecule has 0 bridgehead atoms. The topological polar surface area (TPSA) is 88.8 Å². The fourth-order valence-electron chi connectivity index (χ4n) is 1.44. The van der Waals surface area contributed by atoms with Gasteiger partial charge in [0, 0.05) is 26.5 Å². The molecule has 1 aromatic heterocycles. The molecule has 2 N–H and O–H groups in total. The van der Waals surface area contributed by atoms with Crippen LogP contribution in [0.1, 0.15) is 18.6 Å². The number of aliphatic carboxylic acids is 1. The van der Waals surface area contributed by atoms with Crippen LogP contribution in [-0.4, -0.2) is 36.7 Å². The molecule has 0 aliphatic heterocycles. The van der Waals surface area contributed by atoms with Crippen LogP contribution in [0, 0.1) is 0 Å². The van der Waals surface area contributed by atoms with Crippen molar-refractivity contribution in [2.45, 2.75) is 25.4 Å². The first kappa shape index (κ1) is 14.2. The van der Waals surface area contributed by atoms with Gasteiger partial charge < -0.3 is 19.6 Å². The molecular weight excluding hydrogens is 238 g/mol. The highest BCUT2D eigenvalue weighted by atomic mass is 16.5. The Morgan fingerprint density at radius 2 is 2.33 bits per heavy atom. The molecule has 1 aromatic rings. The lowest BCUT2D eigenvalue weighted by Gasteiger charge is -2.13. The summed E-state index contributed by atoms with van der Waals surface area (Å²) in [5.74, 6) is -0.357. The molecule has 1 atom stereocenters. The van der Waals surface area contributed by atoms with E-state index >= 15 is 0 Å². The Hall–Kier alpha value is -1.82. The third-order valence-electron chi connectivity index (χ3n) is 2.44. The molecule has 0 radical (unpaired) electrons. The van der Waals surface area contributed by atoms with E-state index in [1.54, 1.807) is 18.4 Å². The van der Waals surface area contributed by atoms with Gasteiger partial charge in [-0.05, 0) is 12.1 Å². The van der Waals surface area contributed by atoms with Crippen molar-refractivity contribution in [2.24, 2.45) is 0 Å². The predicted octanol–water partition coefficient (Wildman–Crippen LogP) is 0.818. The summed E-state index contributed by atoms with van der Waals surface area (Å²) in [7, 11) is 1.42. The SMILES string of the molecule is COC(CNC(=O)CCc1ccco1)CC(=O)O. The van der Waals surface area contributed by atoms with Crippen LogP contribution < -0.4 is 5.32 Å². The van der Waals surface area contributed by atoms with Crippen LogP contribution in [0.4, 0.5) is 0 Å². The van der Waals surface area contributed by atoms with Gasteiger partial charge in [0.25, 0.3) is 0 Å². The maximum Gasteiger partial charge on any atom is 0.306 e. The van der Waals surface area contributed by atoms with Crippen molar-refractivity contribution in [1.29, 1.82) is 0 Å². The lowest BCUT2D eigenvalue weighted by Crippen LogP contribution is -2.34. The first-order valence-electron chi connectivity index (χ1n) is 5.65. The molecule has 0 spiro atoms. The Morgan fingerprint density at radius 3 is 2.89 bits per heavy atom. The molecule has 1 amide bonds. The molecule has 18 heavy (non-hydrogen) atoms. The van der Waals surface area contributed by atoms with E-state index in [0.717, 1.165) is 5.76 Å². The van der Waals surface area contributed by atoms with Gasteiger partial charge in [0.2, 0.25) is 5.91 Å². The van der Waals surface area contributed by atoms with E-state index < -0.39 is 12.1 Å². The van der Waals surface area contributed by atoms with Gasteiger partial charge in [0.1, 0.15) is 5.76 Å². The van der Waals surface area contributed by atoms with Gasteiger partial charge in [-0.1, -0.05) is 0 Å². The number of rotatable bonds is 8. The van der Waals surface area contributed by atoms with Crippen molar-refractivity contribution in [1.82, 2.24) is 5.32 Å². The van der Waals surface area contributed by atoms with Crippen molar-refractivity contribution in [3.8, 4) is 0 Å². The van der Waals surface area contributed by atoms with Gasteiger partial charge in [-0.2, -0.15) is 0 Å². The number of methoxy groups -OCH3 is 1. The number of carbonyl (C=O) groups is 2. The van der Waals surface area contributed by atoms with Crippen LogP contribution in [0.3, 0.4) is 0 Å². The summed E-state index contributed by atoms with van der Waals surface area (Å²) in [4.78, 5) is 22.0. The molecule has 0 saturated carbocycles. The van der Waals surface area contributed by atoms with Gasteiger partial charge in [-0.25, -0.2) is 0 Å². The molecule has 1 rings (SSSR count).